The molecule has 0 saturated carbocycles. The predicted molar refractivity (Wildman–Crippen MR) is 70.7 cm³/mol. The molecule has 0 aromatic carbocycles. The summed E-state index contributed by atoms with van der Waals surface area (Å²) in [6.45, 7) is 2.41. The number of aliphatic imine (C=N–C) groups is 1. The van der Waals surface area contributed by atoms with E-state index in [-0.39, 0.29) is 12.6 Å². The first-order valence-electron chi connectivity index (χ1n) is 6.56. The predicted octanol–water partition coefficient (Wildman–Crippen LogP) is 0.497. The molecule has 9 heteroatoms. The molecule has 0 bridgehead atoms. The second kappa shape index (κ2) is 5.55. The Kier molecular flexibility index (Phi) is 4.13. The minimum absolute atomic E-state index is 0.0819. The second-order valence-corrected chi connectivity index (χ2v) is 5.13. The number of aliphatic hydroxyl groups is 1. The Hall–Kier alpha value is -1.77. The smallest absolute Gasteiger partial charge is 0.374 e. The number of nitrogens with zero attached hydrogens (tertiary/aromatic N) is 3. The Bertz CT molecular complexity index is 527. The summed E-state index contributed by atoms with van der Waals surface area (Å²) in [6, 6.07) is 0.156. The van der Waals surface area contributed by atoms with Gasteiger partial charge in [-0.15, -0.1) is 0 Å². The highest BCUT2D eigenvalue weighted by atomic mass is 19.4. The summed E-state index contributed by atoms with van der Waals surface area (Å²) in [5.41, 5.74) is -3.00. The number of hydrogen-bond donors (Lipinski definition) is 3. The van der Waals surface area contributed by atoms with E-state index in [1.165, 1.54) is 24.0 Å². The van der Waals surface area contributed by atoms with E-state index in [0.717, 1.165) is 0 Å². The highest BCUT2D eigenvalue weighted by molar-refractivity contribution is 5.81. The molecule has 1 aliphatic rings. The van der Waals surface area contributed by atoms with E-state index in [2.05, 4.69) is 20.6 Å². The normalized spacial score (nSPS) is 21.6. The zero-order valence-corrected chi connectivity index (χ0v) is 11.8. The standard InChI is InChI=1S/C12H18F3N5O/c1-8-7-18-10(19-8)17-4-3-11(21,12(13,14)15)9-16-5-6-20(9)2/h5-6,8,21H,3-4,7H2,1-2H3,(H2,17,18,19). The molecular formula is C12H18F3N5O. The van der Waals surface area contributed by atoms with Gasteiger partial charge in [0.05, 0.1) is 6.54 Å². The lowest BCUT2D eigenvalue weighted by molar-refractivity contribution is -0.272. The number of alkyl halides is 3. The molecule has 3 N–H and O–H groups in total. The fourth-order valence-electron chi connectivity index (χ4n) is 2.17. The lowest BCUT2D eigenvalue weighted by Gasteiger charge is -2.30. The van der Waals surface area contributed by atoms with E-state index in [1.807, 2.05) is 6.92 Å². The SMILES string of the molecule is CC1CN=C(NCCC(O)(c2nccn2C)C(F)(F)F)N1. The molecular weight excluding hydrogens is 287 g/mol. The minimum Gasteiger partial charge on any atom is -0.374 e. The van der Waals surface area contributed by atoms with Crippen LogP contribution >= 0.6 is 0 Å². The largest absolute Gasteiger partial charge is 0.424 e. The lowest BCUT2D eigenvalue weighted by Crippen LogP contribution is -2.47. The summed E-state index contributed by atoms with van der Waals surface area (Å²) >= 11 is 0. The maximum atomic E-state index is 13.2. The monoisotopic (exact) mass is 305 g/mol. The number of nitrogens with one attached hydrogen (secondary N) is 2. The molecule has 0 saturated heterocycles. The Morgan fingerprint density at radius 1 is 1.52 bits per heavy atom. The maximum absolute atomic E-state index is 13.2. The van der Waals surface area contributed by atoms with E-state index >= 15 is 0 Å². The molecule has 0 radical (unpaired) electrons. The second-order valence-electron chi connectivity index (χ2n) is 5.13. The molecule has 0 spiro atoms. The Morgan fingerprint density at radius 3 is 2.71 bits per heavy atom. The molecule has 2 rings (SSSR count). The Labute approximate surface area is 120 Å². The van der Waals surface area contributed by atoms with Crippen molar-refractivity contribution in [2.24, 2.45) is 12.0 Å². The van der Waals surface area contributed by atoms with Crippen LogP contribution in [0.4, 0.5) is 13.2 Å². The van der Waals surface area contributed by atoms with Gasteiger partial charge in [0, 0.05) is 38.4 Å². The first-order valence-corrected chi connectivity index (χ1v) is 6.56. The van der Waals surface area contributed by atoms with Crippen molar-refractivity contribution in [3.05, 3.63) is 18.2 Å². The molecule has 21 heavy (non-hydrogen) atoms. The van der Waals surface area contributed by atoms with E-state index in [0.29, 0.717) is 12.5 Å². The van der Waals surface area contributed by atoms with Crippen molar-refractivity contribution in [1.82, 2.24) is 20.2 Å². The molecule has 118 valence electrons. The van der Waals surface area contributed by atoms with Gasteiger partial charge in [0.25, 0.3) is 0 Å². The van der Waals surface area contributed by atoms with Crippen LogP contribution in [0.25, 0.3) is 0 Å². The Balaban J connectivity index is 2.06. The fourth-order valence-corrected chi connectivity index (χ4v) is 2.17. The van der Waals surface area contributed by atoms with Crippen molar-refractivity contribution >= 4 is 5.96 Å². The molecule has 0 amide bonds. The van der Waals surface area contributed by atoms with Crippen molar-refractivity contribution in [2.45, 2.75) is 31.2 Å². The number of aryl methyl sites for hydroxylation is 1. The van der Waals surface area contributed by atoms with Crippen LogP contribution in [0.1, 0.15) is 19.2 Å². The number of hydrogen-bond acceptors (Lipinski definition) is 5. The number of halogens is 3. The van der Waals surface area contributed by atoms with E-state index in [9.17, 15) is 18.3 Å². The highest BCUT2D eigenvalue weighted by Crippen LogP contribution is 2.40. The number of imidazole rings is 1. The van der Waals surface area contributed by atoms with Crippen molar-refractivity contribution in [3.63, 3.8) is 0 Å². The summed E-state index contributed by atoms with van der Waals surface area (Å²) in [4.78, 5) is 7.73. The average Bonchev–Trinajstić information content (AvgIpc) is 2.97. The zero-order chi connectivity index (χ0) is 15.7. The van der Waals surface area contributed by atoms with E-state index in [4.69, 9.17) is 0 Å². The van der Waals surface area contributed by atoms with Crippen molar-refractivity contribution in [2.75, 3.05) is 13.1 Å². The van der Waals surface area contributed by atoms with E-state index in [1.54, 1.807) is 0 Å². The summed E-state index contributed by atoms with van der Waals surface area (Å²) in [5, 5.41) is 15.8. The first kappa shape index (κ1) is 15.6. The molecule has 1 aromatic rings. The van der Waals surface area contributed by atoms with Crippen LogP contribution in [0.5, 0.6) is 0 Å². The van der Waals surface area contributed by atoms with Gasteiger partial charge in [-0.25, -0.2) is 4.98 Å². The van der Waals surface area contributed by atoms with Crippen molar-refractivity contribution in [1.29, 1.82) is 0 Å². The fraction of sp³-hybridized carbons (Fsp3) is 0.667. The van der Waals surface area contributed by atoms with Gasteiger partial charge in [-0.05, 0) is 6.92 Å². The van der Waals surface area contributed by atoms with Crippen molar-refractivity contribution < 1.29 is 18.3 Å². The minimum atomic E-state index is -4.81. The van der Waals surface area contributed by atoms with Gasteiger partial charge < -0.3 is 20.3 Å². The molecule has 2 atom stereocenters. The molecule has 0 aliphatic carbocycles. The lowest BCUT2D eigenvalue weighted by atomic mass is 9.97. The van der Waals surface area contributed by atoms with Gasteiger partial charge in [0.15, 0.2) is 5.96 Å². The third-order valence-electron chi connectivity index (χ3n) is 3.35. The quantitative estimate of drug-likeness (QED) is 0.757. The molecule has 6 nitrogen and oxygen atoms in total. The van der Waals surface area contributed by atoms with Crippen LogP contribution in [0.2, 0.25) is 0 Å². The topological polar surface area (TPSA) is 74.5 Å². The van der Waals surface area contributed by atoms with Gasteiger partial charge in [-0.1, -0.05) is 0 Å². The van der Waals surface area contributed by atoms with Crippen LogP contribution < -0.4 is 10.6 Å². The number of guanidine groups is 1. The van der Waals surface area contributed by atoms with Gasteiger partial charge in [-0.3, -0.25) is 4.99 Å². The summed E-state index contributed by atoms with van der Waals surface area (Å²) in [6.07, 6.45) is -2.78. The Morgan fingerprint density at radius 2 is 2.24 bits per heavy atom. The summed E-state index contributed by atoms with van der Waals surface area (Å²) < 4.78 is 40.9. The number of aromatic nitrogens is 2. The molecule has 0 fully saturated rings. The van der Waals surface area contributed by atoms with Gasteiger partial charge in [0.2, 0.25) is 5.60 Å². The summed E-state index contributed by atoms with van der Waals surface area (Å²) in [7, 11) is 1.41. The van der Waals surface area contributed by atoms with Gasteiger partial charge in [-0.2, -0.15) is 13.2 Å². The molecule has 2 unspecified atom stereocenters. The van der Waals surface area contributed by atoms with Crippen LogP contribution in [-0.2, 0) is 12.6 Å². The summed E-state index contributed by atoms with van der Waals surface area (Å²) in [5.74, 6) is 0.0263. The van der Waals surface area contributed by atoms with Gasteiger partial charge >= 0.3 is 6.18 Å². The average molecular weight is 305 g/mol. The molecule has 1 aromatic heterocycles. The third-order valence-corrected chi connectivity index (χ3v) is 3.35. The molecule has 1 aliphatic heterocycles. The zero-order valence-electron chi connectivity index (χ0n) is 11.8. The van der Waals surface area contributed by atoms with Crippen LogP contribution in [-0.4, -0.2) is 45.9 Å². The third kappa shape index (κ3) is 3.12. The van der Waals surface area contributed by atoms with Crippen LogP contribution in [0, 0.1) is 0 Å². The maximum Gasteiger partial charge on any atom is 0.424 e. The van der Waals surface area contributed by atoms with E-state index < -0.39 is 24.0 Å². The van der Waals surface area contributed by atoms with Crippen molar-refractivity contribution in [3.8, 4) is 0 Å². The first-order chi connectivity index (χ1) is 9.74. The number of rotatable bonds is 4. The van der Waals surface area contributed by atoms with Crippen LogP contribution in [0.15, 0.2) is 17.4 Å². The van der Waals surface area contributed by atoms with Gasteiger partial charge in [0.1, 0.15) is 5.82 Å². The van der Waals surface area contributed by atoms with Crippen LogP contribution in [0.3, 0.4) is 0 Å². The molecule has 2 heterocycles. The highest BCUT2D eigenvalue weighted by Gasteiger charge is 2.57.